The van der Waals surface area contributed by atoms with Crippen molar-refractivity contribution < 1.29 is 32.2 Å². The lowest BCUT2D eigenvalue weighted by atomic mass is 10.1. The maximum absolute atomic E-state index is 13.7. The summed E-state index contributed by atoms with van der Waals surface area (Å²) in [5.74, 6) is -5.11. The van der Waals surface area contributed by atoms with Crippen molar-refractivity contribution in [1.82, 2.24) is 4.90 Å². The third kappa shape index (κ3) is 5.44. The first kappa shape index (κ1) is 23.5. The summed E-state index contributed by atoms with van der Waals surface area (Å²) in [5.41, 5.74) is -0.307. The monoisotopic (exact) mass is 488 g/mol. The lowest BCUT2D eigenvalue weighted by molar-refractivity contribution is -0.116. The fraction of sp³-hybridized carbons (Fsp3) is 0.300. The molecule has 0 saturated heterocycles. The first-order chi connectivity index (χ1) is 14.2. The highest BCUT2D eigenvalue weighted by molar-refractivity contribution is 9.10. The van der Waals surface area contributed by atoms with E-state index >= 15 is 0 Å². The van der Waals surface area contributed by atoms with Gasteiger partial charge in [-0.2, -0.15) is 0 Å². The van der Waals surface area contributed by atoms with E-state index in [-0.39, 0.29) is 5.56 Å². The van der Waals surface area contributed by atoms with E-state index in [2.05, 4.69) is 21.2 Å². The number of ether oxygens (including phenoxy) is 2. The van der Waals surface area contributed by atoms with Gasteiger partial charge in [0, 0.05) is 12.6 Å². The molecule has 2 rings (SSSR count). The topological polar surface area (TPSA) is 67.9 Å². The number of anilines is 1. The third-order valence-electron chi connectivity index (χ3n) is 3.96. The Hall–Kier alpha value is -2.75. The zero-order valence-electron chi connectivity index (χ0n) is 16.5. The molecule has 0 aliphatic heterocycles. The minimum atomic E-state index is -1.69. The summed E-state index contributed by atoms with van der Waals surface area (Å²) >= 11 is 3.34. The number of hydrogen-bond acceptors (Lipinski definition) is 4. The normalized spacial score (nSPS) is 10.5. The SMILES string of the molecule is CCCOc1c(Br)cc(C(=O)N(C)CC(=O)Nc2ccc(F)c(F)c2F)cc1OC. The fourth-order valence-corrected chi connectivity index (χ4v) is 3.06. The van der Waals surface area contributed by atoms with Gasteiger partial charge < -0.3 is 19.7 Å². The Balaban J connectivity index is 2.13. The summed E-state index contributed by atoms with van der Waals surface area (Å²) in [7, 11) is 2.80. The van der Waals surface area contributed by atoms with Gasteiger partial charge in [-0.15, -0.1) is 0 Å². The van der Waals surface area contributed by atoms with Crippen LogP contribution in [-0.2, 0) is 4.79 Å². The van der Waals surface area contributed by atoms with Crippen LogP contribution >= 0.6 is 15.9 Å². The molecule has 30 heavy (non-hydrogen) atoms. The number of halogens is 4. The molecule has 0 saturated carbocycles. The van der Waals surface area contributed by atoms with Crippen LogP contribution in [0.1, 0.15) is 23.7 Å². The number of benzene rings is 2. The van der Waals surface area contributed by atoms with Crippen LogP contribution in [0.15, 0.2) is 28.7 Å². The number of nitrogens with zero attached hydrogens (tertiary/aromatic N) is 1. The van der Waals surface area contributed by atoms with Gasteiger partial charge in [-0.3, -0.25) is 9.59 Å². The van der Waals surface area contributed by atoms with Crippen molar-refractivity contribution in [3.05, 3.63) is 51.8 Å². The summed E-state index contributed by atoms with van der Waals surface area (Å²) in [6.07, 6.45) is 0.784. The molecule has 162 valence electrons. The predicted molar refractivity (Wildman–Crippen MR) is 108 cm³/mol. The molecule has 0 atom stereocenters. The molecule has 2 amide bonds. The van der Waals surface area contributed by atoms with Gasteiger partial charge in [-0.1, -0.05) is 6.92 Å². The number of carbonyl (C=O) groups is 2. The minimum absolute atomic E-state index is 0.219. The molecule has 0 radical (unpaired) electrons. The van der Waals surface area contributed by atoms with E-state index in [0.717, 1.165) is 17.4 Å². The second-order valence-corrected chi connectivity index (χ2v) is 7.12. The summed E-state index contributed by atoms with van der Waals surface area (Å²) in [6, 6.07) is 4.58. The van der Waals surface area contributed by atoms with Crippen LogP contribution < -0.4 is 14.8 Å². The number of nitrogens with one attached hydrogen (secondary N) is 1. The van der Waals surface area contributed by atoms with E-state index in [0.29, 0.717) is 28.6 Å². The van der Waals surface area contributed by atoms with Crippen LogP contribution in [0.2, 0.25) is 0 Å². The zero-order chi connectivity index (χ0) is 22.4. The molecule has 6 nitrogen and oxygen atoms in total. The highest BCUT2D eigenvalue weighted by atomic mass is 79.9. The van der Waals surface area contributed by atoms with Crippen LogP contribution in [0, 0.1) is 17.5 Å². The minimum Gasteiger partial charge on any atom is -0.493 e. The zero-order valence-corrected chi connectivity index (χ0v) is 18.1. The average Bonchev–Trinajstić information content (AvgIpc) is 2.72. The number of hydrogen-bond donors (Lipinski definition) is 1. The van der Waals surface area contributed by atoms with Crippen LogP contribution in [0.4, 0.5) is 18.9 Å². The molecule has 0 heterocycles. The van der Waals surface area contributed by atoms with Gasteiger partial charge in [-0.25, -0.2) is 13.2 Å². The maximum atomic E-state index is 13.7. The van der Waals surface area contributed by atoms with Gasteiger partial charge in [0.25, 0.3) is 5.91 Å². The highest BCUT2D eigenvalue weighted by Gasteiger charge is 2.21. The van der Waals surface area contributed by atoms with Crippen LogP contribution in [-0.4, -0.2) is 44.0 Å². The molecular weight excluding hydrogens is 469 g/mol. The van der Waals surface area contributed by atoms with Gasteiger partial charge in [0.15, 0.2) is 29.0 Å². The second-order valence-electron chi connectivity index (χ2n) is 6.27. The Kier molecular flexibility index (Phi) is 8.10. The lowest BCUT2D eigenvalue weighted by Gasteiger charge is -2.19. The fourth-order valence-electron chi connectivity index (χ4n) is 2.51. The van der Waals surface area contributed by atoms with Crippen molar-refractivity contribution in [2.75, 3.05) is 32.6 Å². The van der Waals surface area contributed by atoms with E-state index in [1.165, 1.54) is 26.3 Å². The van der Waals surface area contributed by atoms with Gasteiger partial charge in [0.2, 0.25) is 5.91 Å². The van der Waals surface area contributed by atoms with Gasteiger partial charge >= 0.3 is 0 Å². The smallest absolute Gasteiger partial charge is 0.254 e. The van der Waals surface area contributed by atoms with Crippen molar-refractivity contribution in [3.8, 4) is 11.5 Å². The number of amides is 2. The molecule has 0 aliphatic rings. The summed E-state index contributed by atoms with van der Waals surface area (Å²) in [5, 5.41) is 2.11. The largest absolute Gasteiger partial charge is 0.493 e. The van der Waals surface area contributed by atoms with Crippen molar-refractivity contribution in [2.24, 2.45) is 0 Å². The van der Waals surface area contributed by atoms with Gasteiger partial charge in [0.05, 0.1) is 30.4 Å². The summed E-state index contributed by atoms with van der Waals surface area (Å²) < 4.78 is 51.4. The Labute approximate surface area is 180 Å². The maximum Gasteiger partial charge on any atom is 0.254 e. The molecule has 10 heteroatoms. The highest BCUT2D eigenvalue weighted by Crippen LogP contribution is 2.37. The van der Waals surface area contributed by atoms with Crippen molar-refractivity contribution >= 4 is 33.4 Å². The van der Waals surface area contributed by atoms with Crippen molar-refractivity contribution in [1.29, 1.82) is 0 Å². The molecule has 0 aliphatic carbocycles. The van der Waals surface area contributed by atoms with Gasteiger partial charge in [0.1, 0.15) is 0 Å². The van der Waals surface area contributed by atoms with Crippen LogP contribution in [0.5, 0.6) is 11.5 Å². The van der Waals surface area contributed by atoms with Crippen molar-refractivity contribution in [2.45, 2.75) is 13.3 Å². The Morgan fingerprint density at radius 1 is 1.17 bits per heavy atom. The second kappa shape index (κ2) is 10.3. The number of methoxy groups -OCH3 is 1. The molecule has 0 fully saturated rings. The Morgan fingerprint density at radius 3 is 2.50 bits per heavy atom. The van der Waals surface area contributed by atoms with Gasteiger partial charge in [-0.05, 0) is 46.6 Å². The predicted octanol–water partition coefficient (Wildman–Crippen LogP) is 4.37. The summed E-state index contributed by atoms with van der Waals surface area (Å²) in [6.45, 7) is 1.96. The van der Waals surface area contributed by atoms with Crippen LogP contribution in [0.25, 0.3) is 0 Å². The first-order valence-electron chi connectivity index (χ1n) is 8.88. The Morgan fingerprint density at radius 2 is 1.87 bits per heavy atom. The quantitative estimate of drug-likeness (QED) is 0.560. The number of likely N-dealkylation sites (N-methyl/N-ethyl adjacent to an activating group) is 1. The van der Waals surface area contributed by atoms with Crippen molar-refractivity contribution in [3.63, 3.8) is 0 Å². The molecule has 2 aromatic rings. The third-order valence-corrected chi connectivity index (χ3v) is 4.55. The lowest BCUT2D eigenvalue weighted by Crippen LogP contribution is -2.35. The number of rotatable bonds is 8. The molecule has 0 bridgehead atoms. The molecule has 0 spiro atoms. The van der Waals surface area contributed by atoms with E-state index < -0.39 is 41.5 Å². The molecule has 0 aromatic heterocycles. The molecule has 2 aromatic carbocycles. The molecule has 1 N–H and O–H groups in total. The number of carbonyl (C=O) groups excluding carboxylic acids is 2. The summed E-state index contributed by atoms with van der Waals surface area (Å²) in [4.78, 5) is 25.9. The first-order valence-corrected chi connectivity index (χ1v) is 9.68. The Bertz CT molecular complexity index is 956. The van der Waals surface area contributed by atoms with Crippen LogP contribution in [0.3, 0.4) is 0 Å². The van der Waals surface area contributed by atoms with E-state index in [1.54, 1.807) is 0 Å². The molecule has 0 unspecified atom stereocenters. The standard InChI is InChI=1S/C20H20BrF3N2O4/c1-4-7-30-19-12(21)8-11(9-15(19)29-3)20(28)26(2)10-16(27)25-14-6-5-13(22)17(23)18(14)24/h5-6,8-9H,4,7,10H2,1-3H3,(H,25,27). The average molecular weight is 489 g/mol. The van der Waals surface area contributed by atoms with E-state index in [4.69, 9.17) is 9.47 Å². The molecular formula is C20H20BrF3N2O4. The van der Waals surface area contributed by atoms with E-state index in [1.807, 2.05) is 6.92 Å². The van der Waals surface area contributed by atoms with E-state index in [9.17, 15) is 22.8 Å².